The summed E-state index contributed by atoms with van der Waals surface area (Å²) in [6.45, 7) is 6.35. The van der Waals surface area contributed by atoms with Gasteiger partial charge in [-0.1, -0.05) is 13.8 Å². The summed E-state index contributed by atoms with van der Waals surface area (Å²) < 4.78 is 0. The lowest BCUT2D eigenvalue weighted by atomic mass is 9.71. The summed E-state index contributed by atoms with van der Waals surface area (Å²) in [6, 6.07) is 1.82. The Morgan fingerprint density at radius 2 is 1.64 bits per heavy atom. The van der Waals surface area contributed by atoms with Crippen molar-refractivity contribution in [2.75, 3.05) is 7.05 Å². The first kappa shape index (κ1) is 9.05. The van der Waals surface area contributed by atoms with Gasteiger partial charge in [0.15, 0.2) is 0 Å². The molecule has 0 aromatic rings. The molecule has 1 nitrogen and oxygen atoms in total. The van der Waals surface area contributed by atoms with Crippen LogP contribution in [-0.4, -0.2) is 24.0 Å². The van der Waals surface area contributed by atoms with Gasteiger partial charge in [0.25, 0.3) is 0 Å². The fourth-order valence-electron chi connectivity index (χ4n) is 2.23. The summed E-state index contributed by atoms with van der Waals surface area (Å²) in [6.07, 6.45) is 4.43. The molecule has 0 aromatic heterocycles. The second kappa shape index (κ2) is 3.57. The van der Waals surface area contributed by atoms with Gasteiger partial charge in [-0.3, -0.25) is 0 Å². The minimum Gasteiger partial charge on any atom is -0.301 e. The Kier molecular flexibility index (Phi) is 2.94. The van der Waals surface area contributed by atoms with Gasteiger partial charge in [0.2, 0.25) is 0 Å². The van der Waals surface area contributed by atoms with Crippen LogP contribution in [0.4, 0.5) is 0 Å². The van der Waals surface area contributed by atoms with E-state index in [9.17, 15) is 0 Å². The first-order chi connectivity index (χ1) is 5.27. The lowest BCUT2D eigenvalue weighted by molar-refractivity contribution is -0.00557. The van der Waals surface area contributed by atoms with Gasteiger partial charge >= 0.3 is 0 Å². The molecule has 2 heterocycles. The van der Waals surface area contributed by atoms with Gasteiger partial charge in [-0.2, -0.15) is 0 Å². The summed E-state index contributed by atoms with van der Waals surface area (Å²) in [5, 5.41) is 0. The van der Waals surface area contributed by atoms with Crippen LogP contribution in [0.2, 0.25) is 0 Å². The average Bonchev–Trinajstić information content (AvgIpc) is 1.96. The van der Waals surface area contributed by atoms with Crippen LogP contribution in [-0.2, 0) is 0 Å². The van der Waals surface area contributed by atoms with Crippen LogP contribution in [0.1, 0.15) is 40.0 Å². The van der Waals surface area contributed by atoms with E-state index in [1.807, 2.05) is 13.8 Å². The highest BCUT2D eigenvalue weighted by Gasteiger charge is 2.39. The average molecular weight is 155 g/mol. The zero-order valence-electron chi connectivity index (χ0n) is 8.30. The van der Waals surface area contributed by atoms with Gasteiger partial charge in [0, 0.05) is 12.1 Å². The monoisotopic (exact) mass is 155 g/mol. The molecule has 1 unspecified atom stereocenters. The maximum absolute atomic E-state index is 2.54. The van der Waals surface area contributed by atoms with Crippen LogP contribution in [0.3, 0.4) is 0 Å². The zero-order chi connectivity index (χ0) is 8.43. The van der Waals surface area contributed by atoms with E-state index < -0.39 is 0 Å². The lowest BCUT2D eigenvalue weighted by Gasteiger charge is -2.51. The van der Waals surface area contributed by atoms with Gasteiger partial charge in [-0.05, 0) is 39.2 Å². The van der Waals surface area contributed by atoms with Gasteiger partial charge in [0.1, 0.15) is 0 Å². The predicted octanol–water partition coefficient (Wildman–Crippen LogP) is 2.52. The molecule has 0 spiro atoms. The predicted molar refractivity (Wildman–Crippen MR) is 49.7 cm³/mol. The van der Waals surface area contributed by atoms with E-state index in [4.69, 9.17) is 0 Å². The first-order valence-electron chi connectivity index (χ1n) is 4.99. The molecule has 3 fully saturated rings. The fourth-order valence-corrected chi connectivity index (χ4v) is 2.23. The van der Waals surface area contributed by atoms with Crippen molar-refractivity contribution in [3.8, 4) is 0 Å². The Morgan fingerprint density at radius 1 is 1.09 bits per heavy atom. The summed E-state index contributed by atoms with van der Waals surface area (Å²) in [4.78, 5) is 2.54. The summed E-state index contributed by atoms with van der Waals surface area (Å²) in [5.41, 5.74) is 0. The second-order valence-corrected chi connectivity index (χ2v) is 3.74. The Hall–Kier alpha value is -0.0400. The molecule has 2 aliphatic heterocycles. The minimum absolute atomic E-state index is 0.863. The number of piperidine rings is 2. The van der Waals surface area contributed by atoms with E-state index >= 15 is 0 Å². The molecule has 66 valence electrons. The number of fused-ring (bicyclic) bond motifs is 2. The quantitative estimate of drug-likeness (QED) is 0.519. The van der Waals surface area contributed by atoms with Crippen LogP contribution in [0.5, 0.6) is 0 Å². The fraction of sp³-hybridized carbons (Fsp3) is 1.00. The van der Waals surface area contributed by atoms with Crippen molar-refractivity contribution in [1.29, 1.82) is 0 Å². The molecule has 2 bridgehead atoms. The van der Waals surface area contributed by atoms with Gasteiger partial charge in [-0.15, -0.1) is 0 Å². The van der Waals surface area contributed by atoms with E-state index in [2.05, 4.69) is 18.9 Å². The maximum Gasteiger partial charge on any atom is 0.0100 e. The third-order valence-corrected chi connectivity index (χ3v) is 3.16. The lowest BCUT2D eigenvalue weighted by Crippen LogP contribution is -2.53. The van der Waals surface area contributed by atoms with Crippen molar-refractivity contribution in [3.63, 3.8) is 0 Å². The maximum atomic E-state index is 2.54. The number of nitrogens with zero attached hydrogens (tertiary/aromatic N) is 1. The molecular weight excluding hydrogens is 134 g/mol. The van der Waals surface area contributed by atoms with Crippen molar-refractivity contribution in [1.82, 2.24) is 4.90 Å². The minimum atomic E-state index is 0.863. The van der Waals surface area contributed by atoms with E-state index in [0.29, 0.717) is 0 Å². The SMILES string of the molecule is CC.CC1CC2CC(C2)N1C. The molecule has 1 aliphatic carbocycles. The molecular formula is C10H21N. The Labute approximate surface area is 70.8 Å². The second-order valence-electron chi connectivity index (χ2n) is 3.74. The highest BCUT2D eigenvalue weighted by molar-refractivity contribution is 4.94. The van der Waals surface area contributed by atoms with Gasteiger partial charge in [0.05, 0.1) is 0 Å². The third-order valence-electron chi connectivity index (χ3n) is 3.16. The van der Waals surface area contributed by atoms with Crippen molar-refractivity contribution < 1.29 is 0 Å². The number of rotatable bonds is 0. The first-order valence-corrected chi connectivity index (χ1v) is 4.99. The topological polar surface area (TPSA) is 3.24 Å². The molecule has 0 aromatic carbocycles. The molecule has 2 saturated heterocycles. The molecule has 1 saturated carbocycles. The molecule has 11 heavy (non-hydrogen) atoms. The Balaban J connectivity index is 0.000000281. The Morgan fingerprint density at radius 3 is 1.91 bits per heavy atom. The summed E-state index contributed by atoms with van der Waals surface area (Å²) in [7, 11) is 2.27. The summed E-state index contributed by atoms with van der Waals surface area (Å²) >= 11 is 0. The summed E-state index contributed by atoms with van der Waals surface area (Å²) in [5.74, 6) is 1.10. The normalized spacial score (nSPS) is 42.0. The van der Waals surface area contributed by atoms with E-state index in [1.165, 1.54) is 19.3 Å². The van der Waals surface area contributed by atoms with Gasteiger partial charge in [-0.25, -0.2) is 0 Å². The third kappa shape index (κ3) is 1.58. The van der Waals surface area contributed by atoms with Crippen molar-refractivity contribution >= 4 is 0 Å². The molecule has 0 radical (unpaired) electrons. The van der Waals surface area contributed by atoms with Crippen LogP contribution in [0, 0.1) is 5.92 Å². The smallest absolute Gasteiger partial charge is 0.0100 e. The van der Waals surface area contributed by atoms with Crippen LogP contribution >= 0.6 is 0 Å². The van der Waals surface area contributed by atoms with Crippen LogP contribution in [0.25, 0.3) is 0 Å². The van der Waals surface area contributed by atoms with Crippen LogP contribution in [0.15, 0.2) is 0 Å². The molecule has 1 atom stereocenters. The van der Waals surface area contributed by atoms with Crippen LogP contribution < -0.4 is 0 Å². The molecule has 1 heteroatoms. The van der Waals surface area contributed by atoms with Crippen molar-refractivity contribution in [3.05, 3.63) is 0 Å². The largest absolute Gasteiger partial charge is 0.301 e. The number of hydrogen-bond acceptors (Lipinski definition) is 1. The standard InChI is InChI=1S/C8H15N.C2H6/c1-6-3-7-4-8(5-7)9(6)2;1-2/h6-8H,3-5H2,1-2H3;1-2H3. The molecule has 3 aliphatic rings. The van der Waals surface area contributed by atoms with Gasteiger partial charge < -0.3 is 4.90 Å². The zero-order valence-corrected chi connectivity index (χ0v) is 8.30. The Bertz CT molecular complexity index is 114. The highest BCUT2D eigenvalue weighted by Crippen LogP contribution is 2.41. The van der Waals surface area contributed by atoms with Crippen molar-refractivity contribution in [2.45, 2.75) is 52.1 Å². The molecule has 3 rings (SSSR count). The highest BCUT2D eigenvalue weighted by atomic mass is 15.2. The van der Waals surface area contributed by atoms with E-state index in [-0.39, 0.29) is 0 Å². The van der Waals surface area contributed by atoms with E-state index in [1.54, 1.807) is 0 Å². The molecule has 0 N–H and O–H groups in total. The number of hydrogen-bond donors (Lipinski definition) is 0. The van der Waals surface area contributed by atoms with Crippen molar-refractivity contribution in [2.24, 2.45) is 5.92 Å². The molecule has 0 amide bonds. The van der Waals surface area contributed by atoms with E-state index in [0.717, 1.165) is 18.0 Å².